The van der Waals surface area contributed by atoms with E-state index in [9.17, 15) is 32.4 Å². The van der Waals surface area contributed by atoms with Gasteiger partial charge < -0.3 is 20.2 Å². The number of halogens is 4. The van der Waals surface area contributed by atoms with Crippen molar-refractivity contribution in [2.75, 3.05) is 17.7 Å². The van der Waals surface area contributed by atoms with E-state index >= 15 is 0 Å². The number of ether oxygens (including phenoxy) is 1. The maximum Gasteiger partial charge on any atom is 0.416 e. The van der Waals surface area contributed by atoms with Gasteiger partial charge >= 0.3 is 6.18 Å². The summed E-state index contributed by atoms with van der Waals surface area (Å²) in [6.07, 6.45) is -1.61. The lowest BCUT2D eigenvalue weighted by Crippen LogP contribution is -2.16. The van der Waals surface area contributed by atoms with Crippen LogP contribution in [-0.2, 0) is 22.2 Å². The van der Waals surface area contributed by atoms with Gasteiger partial charge in [-0.3, -0.25) is 4.79 Å². The molecule has 0 saturated heterocycles. The summed E-state index contributed by atoms with van der Waals surface area (Å²) in [5.74, 6) is -0.639. The lowest BCUT2D eigenvalue weighted by molar-refractivity contribution is -0.137. The van der Waals surface area contributed by atoms with Crippen molar-refractivity contribution in [3.8, 4) is 17.6 Å². The lowest BCUT2D eigenvalue weighted by atomic mass is 10.1. The van der Waals surface area contributed by atoms with Gasteiger partial charge in [0.25, 0.3) is 0 Å². The molecule has 1 aliphatic rings. The van der Waals surface area contributed by atoms with Crippen molar-refractivity contribution in [1.82, 2.24) is 4.98 Å². The number of amides is 1. The van der Waals surface area contributed by atoms with Crippen LogP contribution < -0.4 is 15.4 Å². The van der Waals surface area contributed by atoms with Crippen LogP contribution in [0.15, 0.2) is 54.6 Å². The number of anilines is 2. The van der Waals surface area contributed by atoms with Gasteiger partial charge in [-0.1, -0.05) is 29.5 Å². The number of hydrogen-bond acceptors (Lipinski definition) is 7. The first kappa shape index (κ1) is 28.5. The number of rotatable bonds is 7. The largest absolute Gasteiger partial charge is 0.456 e. The Morgan fingerprint density at radius 1 is 1.20 bits per heavy atom. The van der Waals surface area contributed by atoms with Crippen LogP contribution in [0, 0.1) is 23.1 Å². The molecule has 7 nitrogen and oxygen atoms in total. The number of hydrogen-bond donors (Lipinski definition) is 2. The third-order valence-corrected chi connectivity index (χ3v) is 6.82. The first-order chi connectivity index (χ1) is 19.1. The van der Waals surface area contributed by atoms with E-state index in [1.165, 1.54) is 35.6 Å². The summed E-state index contributed by atoms with van der Waals surface area (Å²) >= 11 is 1.28. The molecule has 5 rings (SSSR count). The second kappa shape index (κ2) is 12.1. The van der Waals surface area contributed by atoms with Crippen molar-refractivity contribution in [2.24, 2.45) is 5.92 Å². The van der Waals surface area contributed by atoms with Crippen LogP contribution in [-0.4, -0.2) is 24.2 Å². The van der Waals surface area contributed by atoms with Gasteiger partial charge in [0.2, 0.25) is 5.91 Å². The third kappa shape index (κ3) is 7.12. The fourth-order valence-electron chi connectivity index (χ4n) is 3.53. The molecule has 1 amide bonds. The summed E-state index contributed by atoms with van der Waals surface area (Å²) in [6.45, 7) is 0. The Kier molecular flexibility index (Phi) is 8.64. The number of carbonyl (C=O) groups excluding carboxylic acids is 2. The smallest absolute Gasteiger partial charge is 0.416 e. The third-order valence-electron chi connectivity index (χ3n) is 5.72. The number of alkyl halides is 3. The van der Waals surface area contributed by atoms with E-state index in [2.05, 4.69) is 21.7 Å². The molecule has 1 saturated carbocycles. The van der Waals surface area contributed by atoms with Crippen molar-refractivity contribution < 1.29 is 31.9 Å². The molecule has 0 spiro atoms. The number of aromatic nitrogens is 1. The predicted octanol–water partition coefficient (Wildman–Crippen LogP) is 6.94. The van der Waals surface area contributed by atoms with Crippen molar-refractivity contribution in [3.63, 3.8) is 0 Å². The molecule has 0 bridgehead atoms. The Bertz CT molecular complexity index is 1590. The number of benzene rings is 3. The Balaban J connectivity index is 0.000000666. The van der Waals surface area contributed by atoms with Crippen molar-refractivity contribution in [1.29, 1.82) is 5.26 Å². The van der Waals surface area contributed by atoms with Gasteiger partial charge in [-0.25, -0.2) is 9.37 Å². The van der Waals surface area contributed by atoms with Crippen LogP contribution >= 0.6 is 11.3 Å². The van der Waals surface area contributed by atoms with E-state index in [0.29, 0.717) is 21.3 Å². The fraction of sp³-hybridized carbons (Fsp3) is 0.214. The van der Waals surface area contributed by atoms with Gasteiger partial charge in [-0.2, -0.15) is 18.4 Å². The molecule has 1 fully saturated rings. The summed E-state index contributed by atoms with van der Waals surface area (Å²) in [5, 5.41) is 15.5. The molecule has 1 aromatic heterocycles. The minimum Gasteiger partial charge on any atom is -0.456 e. The molecular formula is C28H22F4N4O3S. The zero-order valence-corrected chi connectivity index (χ0v) is 21.8. The number of nitrogens with one attached hydrogen (secondary N) is 2. The molecule has 0 aliphatic heterocycles. The van der Waals surface area contributed by atoms with E-state index in [1.807, 2.05) is 0 Å². The minimum absolute atomic E-state index is 0.127. The fourth-order valence-corrected chi connectivity index (χ4v) is 4.44. The van der Waals surface area contributed by atoms with Crippen LogP contribution in [0.2, 0.25) is 0 Å². The number of carbonyl (C=O) groups is 2. The Labute approximate surface area is 230 Å². The first-order valence-electron chi connectivity index (χ1n) is 12.0. The van der Waals surface area contributed by atoms with Crippen LogP contribution in [0.4, 0.5) is 28.4 Å². The Hall–Kier alpha value is -4.50. The minimum atomic E-state index is -4.54. The summed E-state index contributed by atoms with van der Waals surface area (Å²) in [5.41, 5.74) is -0.0970. The number of fused-ring (bicyclic) bond motifs is 1. The van der Waals surface area contributed by atoms with Gasteiger partial charge in [0.15, 0.2) is 5.13 Å². The van der Waals surface area contributed by atoms with Gasteiger partial charge in [0.1, 0.15) is 35.2 Å². The second-order valence-electron chi connectivity index (χ2n) is 8.81. The average molecular weight is 571 g/mol. The van der Waals surface area contributed by atoms with Gasteiger partial charge in [0, 0.05) is 19.0 Å². The molecule has 206 valence electrons. The summed E-state index contributed by atoms with van der Waals surface area (Å²) in [4.78, 5) is 26.3. The monoisotopic (exact) mass is 570 g/mol. The maximum absolute atomic E-state index is 14.3. The van der Waals surface area contributed by atoms with Crippen LogP contribution in [0.3, 0.4) is 0 Å². The van der Waals surface area contributed by atoms with Crippen LogP contribution in [0.25, 0.3) is 10.2 Å². The highest BCUT2D eigenvalue weighted by atomic mass is 32.1. The van der Waals surface area contributed by atoms with E-state index < -0.39 is 23.5 Å². The standard InChI is InChI=1S/C24H16F4N4O2S.C4H6O/c1-30-23-32-18-7-8-20(16(12-29)22(18)35-23)34-15-5-6-17(25)19(11-15)31-21(33)10-13-3-2-4-14(9-13)24(26,27)28;5-3-4-1-2-4/h2-9,11H,10H2,1H3,(H,30,32)(H,31,33);3-4H,1-2H2. The van der Waals surface area contributed by atoms with Gasteiger partial charge in [-0.15, -0.1) is 0 Å². The molecule has 3 aromatic carbocycles. The maximum atomic E-state index is 14.3. The number of nitrogens with zero attached hydrogens (tertiary/aromatic N) is 2. The molecular weight excluding hydrogens is 548 g/mol. The van der Waals surface area contributed by atoms with Crippen molar-refractivity contribution in [2.45, 2.75) is 25.4 Å². The molecule has 40 heavy (non-hydrogen) atoms. The van der Waals surface area contributed by atoms with E-state index in [1.54, 1.807) is 19.2 Å². The van der Waals surface area contributed by atoms with Gasteiger partial charge in [-0.05, 0) is 48.7 Å². The van der Waals surface area contributed by atoms with Crippen molar-refractivity contribution in [3.05, 3.63) is 77.1 Å². The van der Waals surface area contributed by atoms with E-state index in [0.717, 1.165) is 37.3 Å². The van der Waals surface area contributed by atoms with E-state index in [-0.39, 0.29) is 34.7 Å². The molecule has 0 unspecified atom stereocenters. The molecule has 12 heteroatoms. The number of aldehydes is 1. The topological polar surface area (TPSA) is 104 Å². The summed E-state index contributed by atoms with van der Waals surface area (Å²) in [7, 11) is 1.71. The second-order valence-corrected chi connectivity index (χ2v) is 9.81. The first-order valence-corrected chi connectivity index (χ1v) is 12.8. The molecule has 1 heterocycles. The number of nitriles is 1. The van der Waals surface area contributed by atoms with Crippen molar-refractivity contribution >= 4 is 44.6 Å². The molecule has 2 N–H and O–H groups in total. The Morgan fingerprint density at radius 3 is 2.60 bits per heavy atom. The molecule has 0 atom stereocenters. The quantitative estimate of drug-likeness (QED) is 0.184. The SMILES string of the molecule is CNc1nc2ccc(Oc3ccc(F)c(NC(=O)Cc4cccc(C(F)(F)F)c4)c3)c(C#N)c2s1.O=CC1CC1. The van der Waals surface area contributed by atoms with Gasteiger partial charge in [0.05, 0.1) is 27.9 Å². The summed E-state index contributed by atoms with van der Waals surface area (Å²) in [6, 6.07) is 13.3. The van der Waals surface area contributed by atoms with E-state index in [4.69, 9.17) is 4.74 Å². The molecule has 1 aliphatic carbocycles. The zero-order chi connectivity index (χ0) is 28.9. The predicted molar refractivity (Wildman–Crippen MR) is 143 cm³/mol. The lowest BCUT2D eigenvalue weighted by Gasteiger charge is -2.12. The molecule has 0 radical (unpaired) electrons. The van der Waals surface area contributed by atoms with Crippen LogP contribution in [0.5, 0.6) is 11.5 Å². The highest BCUT2D eigenvalue weighted by Crippen LogP contribution is 2.36. The molecule has 4 aromatic rings. The highest BCUT2D eigenvalue weighted by Gasteiger charge is 2.30. The normalized spacial score (nSPS) is 12.6. The number of thiazole rings is 1. The average Bonchev–Trinajstić information content (AvgIpc) is 3.68. The zero-order valence-electron chi connectivity index (χ0n) is 21.0. The Morgan fingerprint density at radius 2 is 1.98 bits per heavy atom. The van der Waals surface area contributed by atoms with Crippen LogP contribution in [0.1, 0.15) is 29.5 Å². The highest BCUT2D eigenvalue weighted by molar-refractivity contribution is 7.22. The summed E-state index contributed by atoms with van der Waals surface area (Å²) < 4.78 is 59.4.